The zero-order valence-electron chi connectivity index (χ0n) is 11.2. The van der Waals surface area contributed by atoms with Gasteiger partial charge in [-0.3, -0.25) is 4.79 Å². The molecule has 0 saturated carbocycles. The van der Waals surface area contributed by atoms with Crippen molar-refractivity contribution in [1.82, 2.24) is 14.9 Å². The number of nitrogens with one attached hydrogen (secondary N) is 2. The lowest BCUT2D eigenvalue weighted by atomic mass is 10.1. The second kappa shape index (κ2) is 5.89. The van der Waals surface area contributed by atoms with Gasteiger partial charge in [0.05, 0.1) is 0 Å². The van der Waals surface area contributed by atoms with E-state index in [1.165, 1.54) is 0 Å². The highest BCUT2D eigenvalue weighted by Gasteiger charge is 2.17. The van der Waals surface area contributed by atoms with Crippen LogP contribution in [-0.4, -0.2) is 28.0 Å². The smallest absolute Gasteiger partial charge is 0.271 e. The van der Waals surface area contributed by atoms with E-state index >= 15 is 0 Å². The second-order valence-electron chi connectivity index (χ2n) is 4.94. The zero-order chi connectivity index (χ0) is 13.0. The molecule has 5 nitrogen and oxygen atoms in total. The first kappa shape index (κ1) is 12.9. The summed E-state index contributed by atoms with van der Waals surface area (Å²) in [6.45, 7) is 6.07. The van der Waals surface area contributed by atoms with Crippen molar-refractivity contribution in [2.45, 2.75) is 52.1 Å². The molecule has 1 aliphatic rings. The third kappa shape index (κ3) is 3.03. The maximum atomic E-state index is 12.0. The zero-order valence-corrected chi connectivity index (χ0v) is 11.2. The molecule has 0 spiro atoms. The summed E-state index contributed by atoms with van der Waals surface area (Å²) in [5.74, 6) is 0.745. The van der Waals surface area contributed by atoms with Crippen LogP contribution in [0, 0.1) is 0 Å². The molecule has 2 heterocycles. The van der Waals surface area contributed by atoms with Crippen LogP contribution >= 0.6 is 0 Å². The number of anilines is 1. The quantitative estimate of drug-likeness (QED) is 0.840. The van der Waals surface area contributed by atoms with E-state index in [2.05, 4.69) is 22.5 Å². The van der Waals surface area contributed by atoms with Crippen molar-refractivity contribution in [3.05, 3.63) is 11.9 Å². The van der Waals surface area contributed by atoms with Crippen LogP contribution in [0.5, 0.6) is 0 Å². The summed E-state index contributed by atoms with van der Waals surface area (Å²) in [6.07, 6.45) is 6.24. The lowest BCUT2D eigenvalue weighted by Crippen LogP contribution is -2.32. The number of carbonyl (C=O) groups is 1. The van der Waals surface area contributed by atoms with Gasteiger partial charge in [-0.25, -0.2) is 4.98 Å². The van der Waals surface area contributed by atoms with E-state index in [-0.39, 0.29) is 11.9 Å². The number of amides is 1. The van der Waals surface area contributed by atoms with Crippen LogP contribution in [0.2, 0.25) is 0 Å². The summed E-state index contributed by atoms with van der Waals surface area (Å²) in [5.41, 5.74) is 0.516. The predicted octanol–water partition coefficient (Wildman–Crippen LogP) is 2.01. The Morgan fingerprint density at radius 3 is 3.22 bits per heavy atom. The maximum Gasteiger partial charge on any atom is 0.271 e. The molecule has 1 unspecified atom stereocenters. The molecule has 18 heavy (non-hydrogen) atoms. The molecule has 1 atom stereocenters. The van der Waals surface area contributed by atoms with Gasteiger partial charge < -0.3 is 15.2 Å². The normalized spacial score (nSPS) is 15.7. The van der Waals surface area contributed by atoms with Crippen molar-refractivity contribution in [3.8, 4) is 0 Å². The van der Waals surface area contributed by atoms with Crippen LogP contribution in [-0.2, 0) is 6.54 Å². The van der Waals surface area contributed by atoms with E-state index in [4.69, 9.17) is 0 Å². The highest BCUT2D eigenvalue weighted by molar-refractivity contribution is 5.92. The van der Waals surface area contributed by atoms with E-state index in [9.17, 15) is 4.79 Å². The number of hydrogen-bond donors (Lipinski definition) is 2. The number of rotatable bonds is 5. The summed E-state index contributed by atoms with van der Waals surface area (Å²) in [7, 11) is 0. The van der Waals surface area contributed by atoms with Gasteiger partial charge in [0.15, 0.2) is 0 Å². The molecule has 0 saturated heterocycles. The van der Waals surface area contributed by atoms with Gasteiger partial charge in [0.1, 0.15) is 5.69 Å². The fourth-order valence-electron chi connectivity index (χ4n) is 2.17. The van der Waals surface area contributed by atoms with Crippen LogP contribution in [0.1, 0.15) is 50.0 Å². The predicted molar refractivity (Wildman–Crippen MR) is 71.8 cm³/mol. The molecule has 1 aromatic rings. The Labute approximate surface area is 108 Å². The largest absolute Gasteiger partial charge is 0.356 e. The fraction of sp³-hybridized carbons (Fsp3) is 0.692. The van der Waals surface area contributed by atoms with Crippen molar-refractivity contribution >= 4 is 11.9 Å². The van der Waals surface area contributed by atoms with Gasteiger partial charge in [-0.05, 0) is 19.8 Å². The van der Waals surface area contributed by atoms with Gasteiger partial charge in [0, 0.05) is 25.3 Å². The Morgan fingerprint density at radius 1 is 1.67 bits per heavy atom. The van der Waals surface area contributed by atoms with Gasteiger partial charge in [0.2, 0.25) is 5.95 Å². The number of nitrogens with zero attached hydrogens (tertiary/aromatic N) is 2. The van der Waals surface area contributed by atoms with Gasteiger partial charge in [-0.1, -0.05) is 19.8 Å². The molecule has 1 amide bonds. The van der Waals surface area contributed by atoms with Crippen LogP contribution in [0.15, 0.2) is 6.20 Å². The first-order valence-corrected chi connectivity index (χ1v) is 6.82. The van der Waals surface area contributed by atoms with Crippen molar-refractivity contribution in [3.63, 3.8) is 0 Å². The van der Waals surface area contributed by atoms with Gasteiger partial charge in [-0.2, -0.15) is 0 Å². The first-order valence-electron chi connectivity index (χ1n) is 6.82. The third-order valence-electron chi connectivity index (χ3n) is 3.24. The van der Waals surface area contributed by atoms with E-state index in [0.29, 0.717) is 5.69 Å². The number of carbonyl (C=O) groups excluding carboxylic acids is 1. The van der Waals surface area contributed by atoms with Crippen molar-refractivity contribution in [2.75, 3.05) is 11.9 Å². The summed E-state index contributed by atoms with van der Waals surface area (Å²) in [4.78, 5) is 16.3. The molecule has 0 radical (unpaired) electrons. The molecule has 2 rings (SSSR count). The standard InChI is InChI=1S/C13H22N4O/c1-3-4-6-10(2)15-12(18)11-9-17-8-5-7-14-13(17)16-11/h9-10H,3-8H2,1-2H3,(H,14,16)(H,15,18). The summed E-state index contributed by atoms with van der Waals surface area (Å²) < 4.78 is 2.01. The lowest BCUT2D eigenvalue weighted by Gasteiger charge is -2.14. The molecule has 0 bridgehead atoms. The number of fused-ring (bicyclic) bond motifs is 1. The Morgan fingerprint density at radius 2 is 2.50 bits per heavy atom. The van der Waals surface area contributed by atoms with E-state index < -0.39 is 0 Å². The number of aryl methyl sites for hydroxylation is 1. The monoisotopic (exact) mass is 250 g/mol. The maximum absolute atomic E-state index is 12.0. The molecule has 0 aliphatic carbocycles. The average Bonchev–Trinajstić information content (AvgIpc) is 2.80. The molecule has 0 fully saturated rings. The fourth-order valence-corrected chi connectivity index (χ4v) is 2.17. The minimum atomic E-state index is -0.0673. The van der Waals surface area contributed by atoms with Crippen LogP contribution < -0.4 is 10.6 Å². The SMILES string of the molecule is CCCCC(C)NC(=O)c1cn2c(n1)NCCC2. The third-order valence-corrected chi connectivity index (χ3v) is 3.24. The topological polar surface area (TPSA) is 59.0 Å². The Bertz CT molecular complexity index is 390. The van der Waals surface area contributed by atoms with Crippen LogP contribution in [0.3, 0.4) is 0 Å². The van der Waals surface area contributed by atoms with E-state index in [1.807, 2.05) is 17.7 Å². The van der Waals surface area contributed by atoms with E-state index in [0.717, 1.165) is 44.7 Å². The van der Waals surface area contributed by atoms with Crippen LogP contribution in [0.25, 0.3) is 0 Å². The number of aromatic nitrogens is 2. The van der Waals surface area contributed by atoms with Crippen molar-refractivity contribution in [1.29, 1.82) is 0 Å². The molecule has 2 N–H and O–H groups in total. The van der Waals surface area contributed by atoms with E-state index in [1.54, 1.807) is 0 Å². The molecule has 100 valence electrons. The Balaban J connectivity index is 1.94. The number of imidazole rings is 1. The molecular formula is C13H22N4O. The van der Waals surface area contributed by atoms with Crippen LogP contribution in [0.4, 0.5) is 5.95 Å². The van der Waals surface area contributed by atoms with Gasteiger partial charge in [0.25, 0.3) is 5.91 Å². The highest BCUT2D eigenvalue weighted by atomic mass is 16.2. The van der Waals surface area contributed by atoms with Crippen molar-refractivity contribution in [2.24, 2.45) is 0 Å². The first-order chi connectivity index (χ1) is 8.70. The second-order valence-corrected chi connectivity index (χ2v) is 4.94. The van der Waals surface area contributed by atoms with Crippen molar-refractivity contribution < 1.29 is 4.79 Å². The molecule has 5 heteroatoms. The lowest BCUT2D eigenvalue weighted by molar-refractivity contribution is 0.0933. The minimum Gasteiger partial charge on any atom is -0.356 e. The Hall–Kier alpha value is -1.52. The summed E-state index contributed by atoms with van der Waals surface area (Å²) in [5, 5.41) is 6.19. The average molecular weight is 250 g/mol. The highest BCUT2D eigenvalue weighted by Crippen LogP contribution is 2.14. The number of hydrogen-bond acceptors (Lipinski definition) is 3. The molecule has 1 aromatic heterocycles. The molecule has 1 aliphatic heterocycles. The molecule has 0 aromatic carbocycles. The van der Waals surface area contributed by atoms with Gasteiger partial charge >= 0.3 is 0 Å². The summed E-state index contributed by atoms with van der Waals surface area (Å²) in [6, 6.07) is 0.212. The molecular weight excluding hydrogens is 228 g/mol. The Kier molecular flexibility index (Phi) is 4.23. The summed E-state index contributed by atoms with van der Waals surface area (Å²) >= 11 is 0. The number of unbranched alkanes of at least 4 members (excludes halogenated alkanes) is 1. The minimum absolute atomic E-state index is 0.0673. The van der Waals surface area contributed by atoms with Gasteiger partial charge in [-0.15, -0.1) is 0 Å².